The van der Waals surface area contributed by atoms with Crippen LogP contribution in [0, 0.1) is 0 Å². The molecule has 4 heteroatoms. The lowest BCUT2D eigenvalue weighted by atomic mass is 10.1. The van der Waals surface area contributed by atoms with Crippen molar-refractivity contribution >= 4 is 27.8 Å². The number of ether oxygens (including phenoxy) is 1. The lowest BCUT2D eigenvalue weighted by molar-refractivity contribution is 0.0600. The number of methoxy groups -OCH3 is 1. The Morgan fingerprint density at radius 2 is 1.75 bits per heavy atom. The molecule has 0 amide bonds. The number of rotatable bonds is 3. The molecule has 0 spiro atoms. The standard InChI is InChI=1S/C20H16N2O2/c1-24-20(23)15-8-6-14(7-9-15)12-22-13-21-18-10-16-4-2-3-5-17(16)11-19(18)22/h2-11,13H,12H2,1H3. The molecule has 0 N–H and O–H groups in total. The number of hydrogen-bond acceptors (Lipinski definition) is 3. The molecule has 0 aliphatic heterocycles. The monoisotopic (exact) mass is 316 g/mol. The molecule has 0 saturated carbocycles. The zero-order valence-corrected chi connectivity index (χ0v) is 13.3. The van der Waals surface area contributed by atoms with Crippen molar-refractivity contribution in [3.05, 3.63) is 78.1 Å². The molecule has 0 bridgehead atoms. The third kappa shape index (κ3) is 2.52. The Morgan fingerprint density at radius 1 is 1.04 bits per heavy atom. The Hall–Kier alpha value is -3.14. The highest BCUT2D eigenvalue weighted by Gasteiger charge is 2.07. The summed E-state index contributed by atoms with van der Waals surface area (Å²) in [5.41, 5.74) is 3.75. The predicted octanol–water partition coefficient (Wildman–Crippen LogP) is 4.02. The van der Waals surface area contributed by atoms with Crippen molar-refractivity contribution in [1.82, 2.24) is 9.55 Å². The van der Waals surface area contributed by atoms with Crippen molar-refractivity contribution in [3.8, 4) is 0 Å². The zero-order valence-electron chi connectivity index (χ0n) is 13.3. The van der Waals surface area contributed by atoms with E-state index in [1.807, 2.05) is 30.6 Å². The van der Waals surface area contributed by atoms with Crippen LogP contribution in [0.3, 0.4) is 0 Å². The summed E-state index contributed by atoms with van der Waals surface area (Å²) in [5.74, 6) is -0.318. The fourth-order valence-corrected chi connectivity index (χ4v) is 2.93. The number of benzene rings is 3. The zero-order chi connectivity index (χ0) is 16.5. The predicted molar refractivity (Wildman–Crippen MR) is 94.1 cm³/mol. The first kappa shape index (κ1) is 14.5. The number of aromatic nitrogens is 2. The van der Waals surface area contributed by atoms with E-state index in [1.165, 1.54) is 17.9 Å². The highest BCUT2D eigenvalue weighted by Crippen LogP contribution is 2.22. The molecule has 4 aromatic rings. The van der Waals surface area contributed by atoms with Crippen molar-refractivity contribution in [2.24, 2.45) is 0 Å². The average Bonchev–Trinajstić information content (AvgIpc) is 3.01. The van der Waals surface area contributed by atoms with Gasteiger partial charge in [-0.2, -0.15) is 0 Å². The third-order valence-electron chi connectivity index (χ3n) is 4.22. The van der Waals surface area contributed by atoms with E-state index >= 15 is 0 Å². The molecular weight excluding hydrogens is 300 g/mol. The van der Waals surface area contributed by atoms with Crippen LogP contribution < -0.4 is 0 Å². The van der Waals surface area contributed by atoms with Crippen LogP contribution in [-0.4, -0.2) is 22.6 Å². The summed E-state index contributed by atoms with van der Waals surface area (Å²) in [5, 5.41) is 2.39. The molecule has 24 heavy (non-hydrogen) atoms. The summed E-state index contributed by atoms with van der Waals surface area (Å²) in [6.45, 7) is 0.705. The Morgan fingerprint density at radius 3 is 2.46 bits per heavy atom. The van der Waals surface area contributed by atoms with Gasteiger partial charge in [0.05, 0.1) is 30.0 Å². The summed E-state index contributed by atoms with van der Waals surface area (Å²) < 4.78 is 6.85. The van der Waals surface area contributed by atoms with Crippen LogP contribution in [0.4, 0.5) is 0 Å². The second kappa shape index (κ2) is 5.81. The fraction of sp³-hybridized carbons (Fsp3) is 0.100. The first-order chi connectivity index (χ1) is 11.7. The highest BCUT2D eigenvalue weighted by molar-refractivity contribution is 5.95. The van der Waals surface area contributed by atoms with E-state index in [4.69, 9.17) is 4.74 Å². The maximum absolute atomic E-state index is 11.5. The van der Waals surface area contributed by atoms with Gasteiger partial charge < -0.3 is 9.30 Å². The van der Waals surface area contributed by atoms with Crippen molar-refractivity contribution in [2.75, 3.05) is 7.11 Å². The number of hydrogen-bond donors (Lipinski definition) is 0. The van der Waals surface area contributed by atoms with Crippen LogP contribution in [0.1, 0.15) is 15.9 Å². The topological polar surface area (TPSA) is 44.1 Å². The molecule has 0 saturated heterocycles. The summed E-state index contributed by atoms with van der Waals surface area (Å²) in [6, 6.07) is 20.0. The van der Waals surface area contributed by atoms with E-state index in [0.29, 0.717) is 12.1 Å². The molecule has 0 aliphatic carbocycles. The van der Waals surface area contributed by atoms with Gasteiger partial charge in [-0.25, -0.2) is 9.78 Å². The third-order valence-corrected chi connectivity index (χ3v) is 4.22. The van der Waals surface area contributed by atoms with E-state index in [-0.39, 0.29) is 5.97 Å². The van der Waals surface area contributed by atoms with Gasteiger partial charge in [0, 0.05) is 6.54 Å². The average molecular weight is 316 g/mol. The number of nitrogens with zero attached hydrogens (tertiary/aromatic N) is 2. The molecule has 0 aliphatic rings. The Bertz CT molecular complexity index is 1030. The van der Waals surface area contributed by atoms with Crippen molar-refractivity contribution < 1.29 is 9.53 Å². The molecule has 1 aromatic heterocycles. The van der Waals surface area contributed by atoms with E-state index in [0.717, 1.165) is 16.6 Å². The summed E-state index contributed by atoms with van der Waals surface area (Å²) >= 11 is 0. The molecule has 0 radical (unpaired) electrons. The fourth-order valence-electron chi connectivity index (χ4n) is 2.93. The number of fused-ring (bicyclic) bond motifs is 2. The number of carbonyl (C=O) groups is 1. The second-order valence-corrected chi connectivity index (χ2v) is 5.75. The van der Waals surface area contributed by atoms with Crippen LogP contribution >= 0.6 is 0 Å². The van der Waals surface area contributed by atoms with Crippen molar-refractivity contribution in [2.45, 2.75) is 6.54 Å². The summed E-state index contributed by atoms with van der Waals surface area (Å²) in [7, 11) is 1.39. The molecule has 0 atom stereocenters. The van der Waals surface area contributed by atoms with Gasteiger partial charge in [0.25, 0.3) is 0 Å². The summed E-state index contributed by atoms with van der Waals surface area (Å²) in [4.78, 5) is 16.0. The Balaban J connectivity index is 1.69. The van der Waals surface area contributed by atoms with Gasteiger partial charge in [-0.3, -0.25) is 0 Å². The molecule has 4 rings (SSSR count). The molecule has 0 fully saturated rings. The van der Waals surface area contributed by atoms with E-state index < -0.39 is 0 Å². The lowest BCUT2D eigenvalue weighted by Crippen LogP contribution is -2.02. The quantitative estimate of drug-likeness (QED) is 0.536. The van der Waals surface area contributed by atoms with Crippen molar-refractivity contribution in [3.63, 3.8) is 0 Å². The van der Waals surface area contributed by atoms with Crippen LogP contribution in [0.5, 0.6) is 0 Å². The highest BCUT2D eigenvalue weighted by atomic mass is 16.5. The van der Waals surface area contributed by atoms with Crippen LogP contribution in [0.25, 0.3) is 21.8 Å². The maximum atomic E-state index is 11.5. The normalized spacial score (nSPS) is 11.0. The van der Waals surface area contributed by atoms with E-state index in [9.17, 15) is 4.79 Å². The minimum Gasteiger partial charge on any atom is -0.465 e. The number of imidazole rings is 1. The minimum atomic E-state index is -0.318. The van der Waals surface area contributed by atoms with Gasteiger partial charge in [-0.05, 0) is 40.6 Å². The van der Waals surface area contributed by atoms with Gasteiger partial charge in [-0.15, -0.1) is 0 Å². The van der Waals surface area contributed by atoms with Crippen molar-refractivity contribution in [1.29, 1.82) is 0 Å². The Kier molecular flexibility index (Phi) is 3.50. The van der Waals surface area contributed by atoms with Crippen LogP contribution in [-0.2, 0) is 11.3 Å². The van der Waals surface area contributed by atoms with Gasteiger partial charge >= 0.3 is 5.97 Å². The van der Waals surface area contributed by atoms with E-state index in [2.05, 4.69) is 33.8 Å². The van der Waals surface area contributed by atoms with E-state index in [1.54, 1.807) is 12.1 Å². The number of carbonyl (C=O) groups excluding carboxylic acids is 1. The maximum Gasteiger partial charge on any atom is 0.337 e. The molecule has 118 valence electrons. The van der Waals surface area contributed by atoms with Gasteiger partial charge in [0.2, 0.25) is 0 Å². The molecular formula is C20H16N2O2. The first-order valence-corrected chi connectivity index (χ1v) is 7.75. The molecule has 0 unspecified atom stereocenters. The first-order valence-electron chi connectivity index (χ1n) is 7.75. The molecule has 1 heterocycles. The molecule has 4 nitrogen and oxygen atoms in total. The minimum absolute atomic E-state index is 0.318. The summed E-state index contributed by atoms with van der Waals surface area (Å²) in [6.07, 6.45) is 1.86. The SMILES string of the molecule is COC(=O)c1ccc(Cn2cnc3cc4ccccc4cc32)cc1. The van der Waals surface area contributed by atoms with Gasteiger partial charge in [0.15, 0.2) is 0 Å². The largest absolute Gasteiger partial charge is 0.465 e. The van der Waals surface area contributed by atoms with Crippen LogP contribution in [0.2, 0.25) is 0 Å². The smallest absolute Gasteiger partial charge is 0.337 e. The number of esters is 1. The van der Waals surface area contributed by atoms with Crippen LogP contribution in [0.15, 0.2) is 67.0 Å². The Labute approximate surface area is 139 Å². The second-order valence-electron chi connectivity index (χ2n) is 5.75. The van der Waals surface area contributed by atoms with Gasteiger partial charge in [-0.1, -0.05) is 36.4 Å². The molecule has 3 aromatic carbocycles. The van der Waals surface area contributed by atoms with Gasteiger partial charge in [0.1, 0.15) is 0 Å². The lowest BCUT2D eigenvalue weighted by Gasteiger charge is -2.06.